The van der Waals surface area contributed by atoms with E-state index < -0.39 is 11.9 Å². The second kappa shape index (κ2) is 10.5. The summed E-state index contributed by atoms with van der Waals surface area (Å²) in [5.41, 5.74) is 1.06. The van der Waals surface area contributed by atoms with E-state index in [0.717, 1.165) is 0 Å². The molecule has 0 saturated heterocycles. The van der Waals surface area contributed by atoms with E-state index in [-0.39, 0.29) is 24.3 Å². The molecule has 3 N–H and O–H groups in total. The maximum Gasteiger partial charge on any atom is 0.251 e. The molecular formula is C21H24ClN3O3. The first-order valence-corrected chi connectivity index (χ1v) is 9.42. The minimum Gasteiger partial charge on any atom is -0.345 e. The molecule has 6 nitrogen and oxygen atoms in total. The Hall–Kier alpha value is -2.86. The van der Waals surface area contributed by atoms with E-state index >= 15 is 0 Å². The third-order valence-electron chi connectivity index (χ3n) is 3.92. The Kier molecular flexibility index (Phi) is 8.02. The van der Waals surface area contributed by atoms with Crippen molar-refractivity contribution >= 4 is 35.0 Å². The molecule has 0 fully saturated rings. The second-order valence-electron chi connectivity index (χ2n) is 6.79. The summed E-state index contributed by atoms with van der Waals surface area (Å²) < 4.78 is 0. The molecule has 0 aliphatic carbocycles. The van der Waals surface area contributed by atoms with Crippen LogP contribution in [-0.4, -0.2) is 30.3 Å². The Morgan fingerprint density at radius 3 is 2.21 bits per heavy atom. The van der Waals surface area contributed by atoms with Gasteiger partial charge in [-0.1, -0.05) is 43.6 Å². The number of rotatable bonds is 8. The van der Waals surface area contributed by atoms with Crippen molar-refractivity contribution in [2.45, 2.75) is 26.3 Å². The van der Waals surface area contributed by atoms with Gasteiger partial charge in [0.05, 0.1) is 6.54 Å². The lowest BCUT2D eigenvalue weighted by atomic mass is 10.0. The van der Waals surface area contributed by atoms with Crippen LogP contribution in [0, 0.1) is 5.92 Å². The fourth-order valence-electron chi connectivity index (χ4n) is 2.56. The van der Waals surface area contributed by atoms with Gasteiger partial charge in [-0.15, -0.1) is 0 Å². The van der Waals surface area contributed by atoms with Gasteiger partial charge in [-0.05, 0) is 48.7 Å². The first kappa shape index (κ1) is 21.4. The monoisotopic (exact) mass is 401 g/mol. The number of hydrogen-bond acceptors (Lipinski definition) is 3. The maximum absolute atomic E-state index is 12.5. The molecule has 0 heterocycles. The Morgan fingerprint density at radius 2 is 1.61 bits per heavy atom. The minimum absolute atomic E-state index is 0.180. The van der Waals surface area contributed by atoms with E-state index in [2.05, 4.69) is 16.0 Å². The summed E-state index contributed by atoms with van der Waals surface area (Å²) in [7, 11) is 0. The zero-order valence-electron chi connectivity index (χ0n) is 15.9. The lowest BCUT2D eigenvalue weighted by molar-refractivity contribution is -0.125. The highest BCUT2D eigenvalue weighted by Crippen LogP contribution is 2.11. The van der Waals surface area contributed by atoms with E-state index in [1.165, 1.54) is 0 Å². The first-order valence-electron chi connectivity index (χ1n) is 9.04. The maximum atomic E-state index is 12.5. The van der Waals surface area contributed by atoms with Gasteiger partial charge in [0.15, 0.2) is 0 Å². The van der Waals surface area contributed by atoms with Gasteiger partial charge in [-0.3, -0.25) is 14.4 Å². The Bertz CT molecular complexity index is 807. The first-order chi connectivity index (χ1) is 13.3. The predicted molar refractivity (Wildman–Crippen MR) is 110 cm³/mol. The molecule has 0 aliphatic heterocycles. The summed E-state index contributed by atoms with van der Waals surface area (Å²) in [6.45, 7) is 3.73. The van der Waals surface area contributed by atoms with E-state index in [4.69, 9.17) is 11.6 Å². The number of amides is 3. The van der Waals surface area contributed by atoms with Crippen molar-refractivity contribution in [3.05, 3.63) is 65.2 Å². The molecule has 0 aliphatic rings. The van der Waals surface area contributed by atoms with Gasteiger partial charge in [-0.2, -0.15) is 0 Å². The predicted octanol–water partition coefficient (Wildman–Crippen LogP) is 3.24. The summed E-state index contributed by atoms with van der Waals surface area (Å²) in [5.74, 6) is -0.934. The molecule has 3 amide bonds. The van der Waals surface area contributed by atoms with Crippen LogP contribution in [0.1, 0.15) is 30.6 Å². The fraction of sp³-hybridized carbons (Fsp3) is 0.286. The molecule has 1 unspecified atom stereocenters. The third-order valence-corrected chi connectivity index (χ3v) is 4.17. The SMILES string of the molecule is CC(C)CC(NC(=O)c1ccc(Cl)cc1)C(=O)NCC(=O)Nc1ccccc1. The Balaban J connectivity index is 1.93. The quantitative estimate of drug-likeness (QED) is 0.634. The molecule has 0 bridgehead atoms. The van der Waals surface area contributed by atoms with E-state index in [1.54, 1.807) is 48.5 Å². The van der Waals surface area contributed by atoms with Gasteiger partial charge in [0.2, 0.25) is 11.8 Å². The van der Waals surface area contributed by atoms with Crippen molar-refractivity contribution in [2.24, 2.45) is 5.92 Å². The molecule has 1 atom stereocenters. The van der Waals surface area contributed by atoms with Crippen LogP contribution in [0.5, 0.6) is 0 Å². The van der Waals surface area contributed by atoms with Crippen molar-refractivity contribution < 1.29 is 14.4 Å². The van der Waals surface area contributed by atoms with E-state index in [1.807, 2.05) is 19.9 Å². The van der Waals surface area contributed by atoms with E-state index in [0.29, 0.717) is 22.7 Å². The number of halogens is 1. The Labute approximate surface area is 169 Å². The zero-order valence-corrected chi connectivity index (χ0v) is 16.6. The molecule has 0 radical (unpaired) electrons. The van der Waals surface area contributed by atoms with Gasteiger partial charge in [-0.25, -0.2) is 0 Å². The average molecular weight is 402 g/mol. The summed E-state index contributed by atoms with van der Waals surface area (Å²) in [5, 5.41) is 8.54. The standard InChI is InChI=1S/C21H24ClN3O3/c1-14(2)12-18(25-20(27)15-8-10-16(22)11-9-15)21(28)23-13-19(26)24-17-6-4-3-5-7-17/h3-11,14,18H,12-13H2,1-2H3,(H,23,28)(H,24,26)(H,25,27). The summed E-state index contributed by atoms with van der Waals surface area (Å²) >= 11 is 5.84. The largest absolute Gasteiger partial charge is 0.345 e. The van der Waals surface area contributed by atoms with Crippen LogP contribution in [-0.2, 0) is 9.59 Å². The third kappa shape index (κ3) is 7.04. The van der Waals surface area contributed by atoms with Crippen LogP contribution in [0.3, 0.4) is 0 Å². The normalized spacial score (nSPS) is 11.6. The highest BCUT2D eigenvalue weighted by Gasteiger charge is 2.23. The number of para-hydroxylation sites is 1. The van der Waals surface area contributed by atoms with Gasteiger partial charge in [0.1, 0.15) is 6.04 Å². The van der Waals surface area contributed by atoms with Crippen LogP contribution in [0.4, 0.5) is 5.69 Å². The molecule has 7 heteroatoms. The number of benzene rings is 2. The summed E-state index contributed by atoms with van der Waals surface area (Å²) in [6, 6.07) is 14.6. The number of hydrogen-bond donors (Lipinski definition) is 3. The molecule has 0 saturated carbocycles. The zero-order chi connectivity index (χ0) is 20.5. The summed E-state index contributed by atoms with van der Waals surface area (Å²) in [4.78, 5) is 37.0. The van der Waals surface area contributed by atoms with Crippen LogP contribution in [0.25, 0.3) is 0 Å². The average Bonchev–Trinajstić information content (AvgIpc) is 2.66. The highest BCUT2D eigenvalue weighted by molar-refractivity contribution is 6.30. The van der Waals surface area contributed by atoms with E-state index in [9.17, 15) is 14.4 Å². The van der Waals surface area contributed by atoms with Crippen molar-refractivity contribution in [3.63, 3.8) is 0 Å². The van der Waals surface area contributed by atoms with Gasteiger partial charge >= 0.3 is 0 Å². The van der Waals surface area contributed by atoms with Crippen molar-refractivity contribution in [3.8, 4) is 0 Å². The van der Waals surface area contributed by atoms with Gasteiger partial charge < -0.3 is 16.0 Å². The van der Waals surface area contributed by atoms with Crippen LogP contribution in [0.2, 0.25) is 5.02 Å². The van der Waals surface area contributed by atoms with Crippen molar-refractivity contribution in [1.29, 1.82) is 0 Å². The molecule has 148 valence electrons. The highest BCUT2D eigenvalue weighted by atomic mass is 35.5. The van der Waals surface area contributed by atoms with Crippen molar-refractivity contribution in [1.82, 2.24) is 10.6 Å². The number of anilines is 1. The lowest BCUT2D eigenvalue weighted by Gasteiger charge is -2.20. The topological polar surface area (TPSA) is 87.3 Å². The second-order valence-corrected chi connectivity index (χ2v) is 7.23. The molecule has 0 spiro atoms. The summed E-state index contributed by atoms with van der Waals surface area (Å²) in [6.07, 6.45) is 0.450. The molecule has 0 aromatic heterocycles. The van der Waals surface area contributed by atoms with Gasteiger partial charge in [0.25, 0.3) is 5.91 Å². The molecule has 2 aromatic carbocycles. The van der Waals surface area contributed by atoms with Crippen LogP contribution in [0.15, 0.2) is 54.6 Å². The van der Waals surface area contributed by atoms with Gasteiger partial charge in [0, 0.05) is 16.3 Å². The Morgan fingerprint density at radius 1 is 0.964 bits per heavy atom. The fourth-order valence-corrected chi connectivity index (χ4v) is 2.69. The van der Waals surface area contributed by atoms with Crippen LogP contribution >= 0.6 is 11.6 Å². The molecule has 2 rings (SSSR count). The smallest absolute Gasteiger partial charge is 0.251 e. The lowest BCUT2D eigenvalue weighted by Crippen LogP contribution is -2.49. The minimum atomic E-state index is -0.743. The molecule has 2 aromatic rings. The molecule has 28 heavy (non-hydrogen) atoms. The van der Waals surface area contributed by atoms with Crippen molar-refractivity contribution in [2.75, 3.05) is 11.9 Å². The number of nitrogens with one attached hydrogen (secondary N) is 3. The number of carbonyl (C=O) groups excluding carboxylic acids is 3. The number of carbonyl (C=O) groups is 3. The molecular weight excluding hydrogens is 378 g/mol. The van der Waals surface area contributed by atoms with Crippen LogP contribution < -0.4 is 16.0 Å².